The van der Waals surface area contributed by atoms with Crippen LogP contribution in [-0.2, 0) is 11.3 Å². The fraction of sp³-hybridized carbons (Fsp3) is 0.375. The second-order valence-electron chi connectivity index (χ2n) is 5.52. The van der Waals surface area contributed by atoms with Crippen LogP contribution in [0.3, 0.4) is 0 Å². The zero-order valence-corrected chi connectivity index (χ0v) is 12.1. The summed E-state index contributed by atoms with van der Waals surface area (Å²) in [5.41, 5.74) is 1.73. The molecule has 2 N–H and O–H groups in total. The summed E-state index contributed by atoms with van der Waals surface area (Å²) in [6.45, 7) is 1.36. The molecule has 2 amide bonds. The first-order chi connectivity index (χ1) is 10.6. The van der Waals surface area contributed by atoms with Crippen molar-refractivity contribution >= 4 is 23.0 Å². The number of furan rings is 1. The third kappa shape index (κ3) is 2.90. The number of fused-ring (bicyclic) bond motifs is 1. The van der Waals surface area contributed by atoms with E-state index in [0.717, 1.165) is 16.5 Å². The van der Waals surface area contributed by atoms with E-state index in [-0.39, 0.29) is 11.9 Å². The van der Waals surface area contributed by atoms with Crippen molar-refractivity contribution in [1.29, 1.82) is 0 Å². The van der Waals surface area contributed by atoms with Crippen LogP contribution in [0.15, 0.2) is 34.9 Å². The van der Waals surface area contributed by atoms with Crippen LogP contribution in [0.4, 0.5) is 4.79 Å². The number of hydrogen-bond donors (Lipinski definition) is 2. The van der Waals surface area contributed by atoms with Gasteiger partial charge >= 0.3 is 12.0 Å². The SMILES string of the molecule is O=C(O)C1CCN(C(=O)NCc2coc3ccccc23)CC1. The fourth-order valence-corrected chi connectivity index (χ4v) is 2.78. The summed E-state index contributed by atoms with van der Waals surface area (Å²) >= 11 is 0. The Balaban J connectivity index is 1.56. The van der Waals surface area contributed by atoms with E-state index in [9.17, 15) is 9.59 Å². The average Bonchev–Trinajstić information content (AvgIpc) is 2.96. The Morgan fingerprint density at radius 3 is 2.73 bits per heavy atom. The van der Waals surface area contributed by atoms with Crippen LogP contribution in [0.5, 0.6) is 0 Å². The molecule has 2 heterocycles. The third-order valence-corrected chi connectivity index (χ3v) is 4.12. The van der Waals surface area contributed by atoms with Crippen LogP contribution in [-0.4, -0.2) is 35.1 Å². The van der Waals surface area contributed by atoms with Gasteiger partial charge in [-0.05, 0) is 18.9 Å². The van der Waals surface area contributed by atoms with Gasteiger partial charge < -0.3 is 19.7 Å². The minimum absolute atomic E-state index is 0.158. The van der Waals surface area contributed by atoms with Gasteiger partial charge in [-0.2, -0.15) is 0 Å². The summed E-state index contributed by atoms with van der Waals surface area (Å²) in [7, 11) is 0. The molecule has 1 saturated heterocycles. The molecule has 0 saturated carbocycles. The van der Waals surface area contributed by atoms with E-state index in [1.165, 1.54) is 0 Å². The Morgan fingerprint density at radius 1 is 1.27 bits per heavy atom. The Hall–Kier alpha value is -2.50. The van der Waals surface area contributed by atoms with Gasteiger partial charge in [0.1, 0.15) is 5.58 Å². The number of benzene rings is 1. The van der Waals surface area contributed by atoms with Crippen molar-refractivity contribution in [3.63, 3.8) is 0 Å². The Morgan fingerprint density at radius 2 is 2.00 bits per heavy atom. The highest BCUT2D eigenvalue weighted by Crippen LogP contribution is 2.21. The van der Waals surface area contributed by atoms with E-state index >= 15 is 0 Å². The number of carbonyl (C=O) groups is 2. The summed E-state index contributed by atoms with van der Waals surface area (Å²) in [4.78, 5) is 24.7. The highest BCUT2D eigenvalue weighted by atomic mass is 16.4. The number of para-hydroxylation sites is 1. The van der Waals surface area contributed by atoms with Gasteiger partial charge in [0.2, 0.25) is 0 Å². The summed E-state index contributed by atoms with van der Waals surface area (Å²) in [6, 6.07) is 7.52. The zero-order valence-electron chi connectivity index (χ0n) is 12.1. The first kappa shape index (κ1) is 14.4. The number of nitrogens with zero attached hydrogens (tertiary/aromatic N) is 1. The molecule has 1 aromatic carbocycles. The molecular weight excluding hydrogens is 284 g/mol. The lowest BCUT2D eigenvalue weighted by molar-refractivity contribution is -0.143. The number of carboxylic acids is 1. The number of rotatable bonds is 3. The van der Waals surface area contributed by atoms with E-state index in [1.807, 2.05) is 24.3 Å². The predicted molar refractivity (Wildman–Crippen MR) is 80.4 cm³/mol. The summed E-state index contributed by atoms with van der Waals surface area (Å²) in [5, 5.41) is 12.8. The highest BCUT2D eigenvalue weighted by Gasteiger charge is 2.26. The number of hydrogen-bond acceptors (Lipinski definition) is 3. The normalized spacial score (nSPS) is 15.9. The first-order valence-corrected chi connectivity index (χ1v) is 7.36. The molecule has 0 atom stereocenters. The highest BCUT2D eigenvalue weighted by molar-refractivity contribution is 5.82. The smallest absolute Gasteiger partial charge is 0.317 e. The van der Waals surface area contributed by atoms with Crippen LogP contribution in [0, 0.1) is 5.92 Å². The van der Waals surface area contributed by atoms with Crippen LogP contribution in [0.2, 0.25) is 0 Å². The third-order valence-electron chi connectivity index (χ3n) is 4.12. The molecule has 116 valence electrons. The van der Waals surface area contributed by atoms with Crippen molar-refractivity contribution in [1.82, 2.24) is 10.2 Å². The van der Waals surface area contributed by atoms with Crippen molar-refractivity contribution in [2.45, 2.75) is 19.4 Å². The number of carbonyl (C=O) groups excluding carboxylic acids is 1. The average molecular weight is 302 g/mol. The lowest BCUT2D eigenvalue weighted by Gasteiger charge is -2.30. The van der Waals surface area contributed by atoms with E-state index in [1.54, 1.807) is 11.2 Å². The molecular formula is C16H18N2O4. The molecule has 0 aliphatic carbocycles. The minimum atomic E-state index is -0.773. The van der Waals surface area contributed by atoms with Gasteiger partial charge in [-0.1, -0.05) is 18.2 Å². The maximum absolute atomic E-state index is 12.1. The molecule has 6 heteroatoms. The molecule has 1 aliphatic rings. The van der Waals surface area contributed by atoms with Gasteiger partial charge in [0.25, 0.3) is 0 Å². The largest absolute Gasteiger partial charge is 0.481 e. The first-order valence-electron chi connectivity index (χ1n) is 7.36. The molecule has 2 aromatic rings. The molecule has 6 nitrogen and oxygen atoms in total. The van der Waals surface area contributed by atoms with Gasteiger partial charge in [-0.15, -0.1) is 0 Å². The maximum atomic E-state index is 12.1. The van der Waals surface area contributed by atoms with E-state index in [0.29, 0.717) is 32.5 Å². The van der Waals surface area contributed by atoms with Gasteiger partial charge in [0, 0.05) is 30.6 Å². The zero-order chi connectivity index (χ0) is 15.5. The van der Waals surface area contributed by atoms with Crippen molar-refractivity contribution in [2.24, 2.45) is 5.92 Å². The van der Waals surface area contributed by atoms with Crippen LogP contribution in [0.25, 0.3) is 11.0 Å². The minimum Gasteiger partial charge on any atom is -0.481 e. The van der Waals surface area contributed by atoms with Crippen molar-refractivity contribution < 1.29 is 19.1 Å². The molecule has 0 unspecified atom stereocenters. The van der Waals surface area contributed by atoms with Crippen molar-refractivity contribution in [3.05, 3.63) is 36.1 Å². The maximum Gasteiger partial charge on any atom is 0.317 e. The second kappa shape index (κ2) is 6.09. The van der Waals surface area contributed by atoms with E-state index in [2.05, 4.69) is 5.32 Å². The quantitative estimate of drug-likeness (QED) is 0.912. The Bertz CT molecular complexity index is 686. The molecule has 1 fully saturated rings. The summed E-state index contributed by atoms with van der Waals surface area (Å²) in [5.74, 6) is -1.10. The topological polar surface area (TPSA) is 82.8 Å². The number of carboxylic acid groups (broad SMARTS) is 1. The van der Waals surface area contributed by atoms with Crippen LogP contribution in [0.1, 0.15) is 18.4 Å². The lowest BCUT2D eigenvalue weighted by atomic mass is 9.97. The lowest BCUT2D eigenvalue weighted by Crippen LogP contribution is -2.45. The van der Waals surface area contributed by atoms with Gasteiger partial charge in [0.05, 0.1) is 12.2 Å². The summed E-state index contributed by atoms with van der Waals surface area (Å²) < 4.78 is 5.44. The number of likely N-dealkylation sites (tertiary alicyclic amines) is 1. The van der Waals surface area contributed by atoms with Crippen LogP contribution >= 0.6 is 0 Å². The number of piperidine rings is 1. The predicted octanol–water partition coefficient (Wildman–Crippen LogP) is 2.44. The number of nitrogens with one attached hydrogen (secondary N) is 1. The molecule has 0 bridgehead atoms. The molecule has 1 aliphatic heterocycles. The molecule has 1 aromatic heterocycles. The molecule has 22 heavy (non-hydrogen) atoms. The van der Waals surface area contributed by atoms with Gasteiger partial charge in [-0.3, -0.25) is 4.79 Å². The van der Waals surface area contributed by atoms with Gasteiger partial charge in [-0.25, -0.2) is 4.79 Å². The van der Waals surface area contributed by atoms with E-state index in [4.69, 9.17) is 9.52 Å². The van der Waals surface area contributed by atoms with E-state index < -0.39 is 5.97 Å². The standard InChI is InChI=1S/C16H18N2O4/c19-15(20)11-5-7-18(8-6-11)16(21)17-9-12-10-22-14-4-2-1-3-13(12)14/h1-4,10-11H,5-9H2,(H,17,21)(H,19,20). The fourth-order valence-electron chi connectivity index (χ4n) is 2.78. The molecule has 0 spiro atoms. The molecule has 0 radical (unpaired) electrons. The van der Waals surface area contributed by atoms with Crippen molar-refractivity contribution in [3.8, 4) is 0 Å². The van der Waals surface area contributed by atoms with Gasteiger partial charge in [0.15, 0.2) is 0 Å². The van der Waals surface area contributed by atoms with Crippen LogP contribution < -0.4 is 5.32 Å². The number of aliphatic carboxylic acids is 1. The Labute approximate surface area is 127 Å². The Kier molecular flexibility index (Phi) is 4.00. The monoisotopic (exact) mass is 302 g/mol. The summed E-state index contributed by atoms with van der Waals surface area (Å²) in [6.07, 6.45) is 2.68. The van der Waals surface area contributed by atoms with Crippen molar-refractivity contribution in [2.75, 3.05) is 13.1 Å². The number of urea groups is 1. The number of amides is 2. The second-order valence-corrected chi connectivity index (χ2v) is 5.52. The molecule has 3 rings (SSSR count).